The molecule has 0 radical (unpaired) electrons. The zero-order valence-electron chi connectivity index (χ0n) is 7.78. The summed E-state index contributed by atoms with van der Waals surface area (Å²) in [6, 6.07) is 0. The summed E-state index contributed by atoms with van der Waals surface area (Å²) in [4.78, 5) is 0. The lowest BCUT2D eigenvalue weighted by molar-refractivity contribution is 0.187. The lowest BCUT2D eigenvalue weighted by Gasteiger charge is -1.91. The Balaban J connectivity index is 4.02. The molecule has 0 rings (SSSR count). The molecular weight excluding hydrogens is 152 g/mol. The predicted octanol–water partition coefficient (Wildman–Crippen LogP) is 3.10. The van der Waals surface area contributed by atoms with Crippen LogP contribution in [0.1, 0.15) is 20.8 Å². The lowest BCUT2D eigenvalue weighted by Crippen LogP contribution is -1.80. The molecule has 0 heterocycles. The van der Waals surface area contributed by atoms with Gasteiger partial charge in [-0.1, -0.05) is 38.2 Å². The highest BCUT2D eigenvalue weighted by Gasteiger charge is 1.88. The molecule has 0 saturated carbocycles. The minimum Gasteiger partial charge on any atom is -0.481 e. The minimum atomic E-state index is -0.621. The summed E-state index contributed by atoms with van der Waals surface area (Å²) in [7, 11) is 0. The average Bonchev–Trinajstić information content (AvgIpc) is 1.97. The highest BCUT2D eigenvalue weighted by Crippen LogP contribution is 1.99. The second kappa shape index (κ2) is 5.47. The first-order valence-electron chi connectivity index (χ1n) is 3.97. The SMILES string of the molecule is CC(C=CC=CC(C)C)=C(O)O. The molecule has 0 aromatic carbocycles. The van der Waals surface area contributed by atoms with Crippen molar-refractivity contribution >= 4 is 0 Å². The van der Waals surface area contributed by atoms with Crippen LogP contribution in [-0.2, 0) is 0 Å². The van der Waals surface area contributed by atoms with Gasteiger partial charge in [-0.25, -0.2) is 0 Å². The van der Waals surface area contributed by atoms with E-state index in [-0.39, 0.29) is 0 Å². The van der Waals surface area contributed by atoms with Crippen LogP contribution in [0, 0.1) is 5.92 Å². The Morgan fingerprint density at radius 2 is 1.75 bits per heavy atom. The summed E-state index contributed by atoms with van der Waals surface area (Å²) in [5.74, 6) is -0.106. The summed E-state index contributed by atoms with van der Waals surface area (Å²) >= 11 is 0. The Hall–Kier alpha value is -1.18. The van der Waals surface area contributed by atoms with Crippen LogP contribution in [0.2, 0.25) is 0 Å². The molecule has 2 heteroatoms. The van der Waals surface area contributed by atoms with Crippen LogP contribution in [0.25, 0.3) is 0 Å². The molecule has 0 atom stereocenters. The molecule has 0 saturated heterocycles. The molecule has 0 fully saturated rings. The summed E-state index contributed by atoms with van der Waals surface area (Å²) in [5, 5.41) is 17.2. The van der Waals surface area contributed by atoms with Crippen molar-refractivity contribution in [1.29, 1.82) is 0 Å². The first-order chi connectivity index (χ1) is 5.54. The maximum Gasteiger partial charge on any atom is 0.277 e. The van der Waals surface area contributed by atoms with E-state index in [0.29, 0.717) is 11.5 Å². The number of aliphatic hydroxyl groups excluding tert-OH is 1. The van der Waals surface area contributed by atoms with Crippen molar-refractivity contribution in [3.8, 4) is 0 Å². The van der Waals surface area contributed by atoms with Crippen molar-refractivity contribution in [3.63, 3.8) is 0 Å². The van der Waals surface area contributed by atoms with Crippen molar-refractivity contribution in [2.75, 3.05) is 0 Å². The van der Waals surface area contributed by atoms with Crippen molar-refractivity contribution in [3.05, 3.63) is 35.8 Å². The average molecular weight is 168 g/mol. The van der Waals surface area contributed by atoms with Gasteiger partial charge in [-0.3, -0.25) is 0 Å². The van der Waals surface area contributed by atoms with Crippen LogP contribution in [0.4, 0.5) is 0 Å². The Bertz CT molecular complexity index is 206. The van der Waals surface area contributed by atoms with E-state index in [1.165, 1.54) is 0 Å². The lowest BCUT2D eigenvalue weighted by atomic mass is 10.2. The van der Waals surface area contributed by atoms with E-state index in [2.05, 4.69) is 13.8 Å². The molecule has 0 aliphatic heterocycles. The monoisotopic (exact) mass is 168 g/mol. The minimum absolute atomic E-state index is 0.461. The van der Waals surface area contributed by atoms with E-state index >= 15 is 0 Å². The summed E-state index contributed by atoms with van der Waals surface area (Å²) in [5.41, 5.74) is 0.461. The molecular formula is C10H16O2. The third-order valence-electron chi connectivity index (χ3n) is 1.31. The first kappa shape index (κ1) is 10.8. The molecule has 0 aliphatic rings. The number of rotatable bonds is 3. The smallest absolute Gasteiger partial charge is 0.277 e. The molecule has 0 aromatic rings. The van der Waals surface area contributed by atoms with E-state index in [9.17, 15) is 0 Å². The number of allylic oxidation sites excluding steroid dienone is 5. The van der Waals surface area contributed by atoms with E-state index < -0.39 is 5.95 Å². The van der Waals surface area contributed by atoms with Gasteiger partial charge in [0.1, 0.15) is 0 Å². The second-order valence-electron chi connectivity index (χ2n) is 2.99. The fraction of sp³-hybridized carbons (Fsp3) is 0.400. The highest BCUT2D eigenvalue weighted by molar-refractivity contribution is 5.20. The third-order valence-corrected chi connectivity index (χ3v) is 1.31. The number of hydrogen-bond donors (Lipinski definition) is 2. The van der Waals surface area contributed by atoms with Gasteiger partial charge in [0.25, 0.3) is 5.95 Å². The van der Waals surface area contributed by atoms with Crippen molar-refractivity contribution in [1.82, 2.24) is 0 Å². The standard InChI is InChI=1S/C10H16O2/c1-8(2)6-4-5-7-9(3)10(11)12/h4-8,11-12H,1-3H3. The molecule has 0 aromatic heterocycles. The van der Waals surface area contributed by atoms with Crippen LogP contribution in [0.15, 0.2) is 35.8 Å². The van der Waals surface area contributed by atoms with Gasteiger partial charge in [0.05, 0.1) is 0 Å². The molecule has 0 spiro atoms. The van der Waals surface area contributed by atoms with Crippen LogP contribution in [0.3, 0.4) is 0 Å². The van der Waals surface area contributed by atoms with Crippen LogP contribution >= 0.6 is 0 Å². The van der Waals surface area contributed by atoms with E-state index in [4.69, 9.17) is 10.2 Å². The molecule has 0 amide bonds. The molecule has 0 bridgehead atoms. The zero-order valence-corrected chi connectivity index (χ0v) is 7.78. The van der Waals surface area contributed by atoms with Gasteiger partial charge in [0, 0.05) is 5.57 Å². The first-order valence-corrected chi connectivity index (χ1v) is 3.97. The Morgan fingerprint density at radius 3 is 2.17 bits per heavy atom. The maximum atomic E-state index is 8.59. The van der Waals surface area contributed by atoms with Crippen molar-refractivity contribution < 1.29 is 10.2 Å². The van der Waals surface area contributed by atoms with Gasteiger partial charge in [-0.05, 0) is 12.8 Å². The van der Waals surface area contributed by atoms with Gasteiger partial charge < -0.3 is 10.2 Å². The topological polar surface area (TPSA) is 40.5 Å². The van der Waals surface area contributed by atoms with Gasteiger partial charge in [0.15, 0.2) is 0 Å². The largest absolute Gasteiger partial charge is 0.481 e. The fourth-order valence-electron chi connectivity index (χ4n) is 0.561. The quantitative estimate of drug-likeness (QED) is 0.502. The van der Waals surface area contributed by atoms with Crippen molar-refractivity contribution in [2.45, 2.75) is 20.8 Å². The predicted molar refractivity (Wildman–Crippen MR) is 51.1 cm³/mol. The Labute approximate surface area is 73.5 Å². The van der Waals surface area contributed by atoms with Gasteiger partial charge in [0.2, 0.25) is 0 Å². The summed E-state index contributed by atoms with van der Waals surface area (Å²) in [6.45, 7) is 5.79. The highest BCUT2D eigenvalue weighted by atomic mass is 16.5. The van der Waals surface area contributed by atoms with E-state index in [1.54, 1.807) is 19.1 Å². The normalized spacial score (nSPS) is 11.7. The Kier molecular flexibility index (Phi) is 4.93. The molecule has 2 N–H and O–H groups in total. The zero-order chi connectivity index (χ0) is 9.56. The molecule has 0 aliphatic carbocycles. The van der Waals surface area contributed by atoms with Gasteiger partial charge in [-0.15, -0.1) is 0 Å². The van der Waals surface area contributed by atoms with Crippen molar-refractivity contribution in [2.24, 2.45) is 5.92 Å². The maximum absolute atomic E-state index is 8.59. The van der Waals surface area contributed by atoms with Gasteiger partial charge >= 0.3 is 0 Å². The molecule has 68 valence electrons. The second-order valence-corrected chi connectivity index (χ2v) is 2.99. The molecule has 2 nitrogen and oxygen atoms in total. The summed E-state index contributed by atoms with van der Waals surface area (Å²) in [6.07, 6.45) is 7.34. The number of hydrogen-bond acceptors (Lipinski definition) is 2. The fourth-order valence-corrected chi connectivity index (χ4v) is 0.561. The Morgan fingerprint density at radius 1 is 1.17 bits per heavy atom. The summed E-state index contributed by atoms with van der Waals surface area (Å²) < 4.78 is 0. The van der Waals surface area contributed by atoms with E-state index in [1.807, 2.05) is 12.2 Å². The van der Waals surface area contributed by atoms with Gasteiger partial charge in [-0.2, -0.15) is 0 Å². The molecule has 12 heavy (non-hydrogen) atoms. The van der Waals surface area contributed by atoms with Crippen LogP contribution in [0.5, 0.6) is 0 Å². The van der Waals surface area contributed by atoms with Crippen LogP contribution in [-0.4, -0.2) is 10.2 Å². The number of aliphatic hydroxyl groups is 2. The third kappa shape index (κ3) is 5.59. The van der Waals surface area contributed by atoms with E-state index in [0.717, 1.165) is 0 Å². The molecule has 0 unspecified atom stereocenters. The van der Waals surface area contributed by atoms with Crippen LogP contribution < -0.4 is 0 Å².